The first-order chi connectivity index (χ1) is 7.77. The van der Waals surface area contributed by atoms with E-state index in [4.69, 9.17) is 9.15 Å². The van der Waals surface area contributed by atoms with E-state index in [-0.39, 0.29) is 12.6 Å². The van der Waals surface area contributed by atoms with Crippen molar-refractivity contribution in [1.82, 2.24) is 0 Å². The van der Waals surface area contributed by atoms with Gasteiger partial charge in [-0.1, -0.05) is 18.2 Å². The minimum Gasteiger partial charge on any atom is -0.469 e. The third-order valence-electron chi connectivity index (χ3n) is 2.33. The maximum absolute atomic E-state index is 11.6. The first-order valence-corrected chi connectivity index (χ1v) is 5.02. The molecule has 0 fully saturated rings. The Balaban J connectivity index is 1.97. The molecule has 0 atom stereocenters. The number of hydrogen-bond donors (Lipinski definition) is 0. The molecule has 0 saturated heterocycles. The molecular formula is C13H12O3. The Kier molecular flexibility index (Phi) is 3.05. The van der Waals surface area contributed by atoms with Crippen LogP contribution in [-0.2, 0) is 11.3 Å². The zero-order valence-electron chi connectivity index (χ0n) is 8.97. The van der Waals surface area contributed by atoms with E-state index >= 15 is 0 Å². The van der Waals surface area contributed by atoms with Gasteiger partial charge < -0.3 is 9.15 Å². The highest BCUT2D eigenvalue weighted by molar-refractivity contribution is 5.89. The zero-order valence-corrected chi connectivity index (χ0v) is 8.97. The van der Waals surface area contributed by atoms with Gasteiger partial charge in [-0.3, -0.25) is 0 Å². The van der Waals surface area contributed by atoms with Gasteiger partial charge in [0.1, 0.15) is 12.4 Å². The van der Waals surface area contributed by atoms with Crippen molar-refractivity contribution < 1.29 is 13.9 Å². The van der Waals surface area contributed by atoms with Gasteiger partial charge in [0.15, 0.2) is 0 Å². The molecule has 0 spiro atoms. The lowest BCUT2D eigenvalue weighted by molar-refractivity contribution is 0.0471. The Hall–Kier alpha value is -2.03. The summed E-state index contributed by atoms with van der Waals surface area (Å²) in [5.74, 6) is 0.460. The second-order valence-electron chi connectivity index (χ2n) is 3.44. The van der Waals surface area contributed by atoms with Crippen LogP contribution in [0.4, 0.5) is 0 Å². The van der Waals surface area contributed by atoms with E-state index in [1.54, 1.807) is 36.6 Å². The summed E-state index contributed by atoms with van der Waals surface area (Å²) in [6.45, 7) is 2.09. The smallest absolute Gasteiger partial charge is 0.338 e. The van der Waals surface area contributed by atoms with Crippen LogP contribution in [0.5, 0.6) is 0 Å². The predicted octanol–water partition coefficient (Wildman–Crippen LogP) is 2.95. The number of carbonyl (C=O) groups excluding carboxylic acids is 1. The summed E-state index contributed by atoms with van der Waals surface area (Å²) in [5, 5.41) is 0. The number of furan rings is 1. The molecule has 0 aliphatic heterocycles. The molecule has 0 radical (unpaired) electrons. The van der Waals surface area contributed by atoms with Gasteiger partial charge >= 0.3 is 5.97 Å². The number of rotatable bonds is 3. The van der Waals surface area contributed by atoms with Gasteiger partial charge in [-0.25, -0.2) is 4.79 Å². The topological polar surface area (TPSA) is 39.4 Å². The van der Waals surface area contributed by atoms with Crippen molar-refractivity contribution in [3.63, 3.8) is 0 Å². The number of carbonyl (C=O) groups is 1. The zero-order chi connectivity index (χ0) is 11.4. The van der Waals surface area contributed by atoms with Crippen LogP contribution >= 0.6 is 0 Å². The Morgan fingerprint density at radius 2 is 2.00 bits per heavy atom. The van der Waals surface area contributed by atoms with Crippen molar-refractivity contribution >= 4 is 5.97 Å². The molecule has 3 nitrogen and oxygen atoms in total. The number of esters is 1. The average Bonchev–Trinajstić information content (AvgIpc) is 2.73. The second-order valence-corrected chi connectivity index (χ2v) is 3.44. The molecule has 0 saturated carbocycles. The van der Waals surface area contributed by atoms with Crippen LogP contribution in [0.3, 0.4) is 0 Å². The van der Waals surface area contributed by atoms with E-state index in [0.717, 1.165) is 11.3 Å². The van der Waals surface area contributed by atoms with Gasteiger partial charge in [0, 0.05) is 5.56 Å². The third-order valence-corrected chi connectivity index (χ3v) is 2.33. The minimum absolute atomic E-state index is 0.246. The van der Waals surface area contributed by atoms with E-state index in [9.17, 15) is 4.79 Å². The maximum atomic E-state index is 11.6. The molecule has 0 aliphatic rings. The maximum Gasteiger partial charge on any atom is 0.338 e. The van der Waals surface area contributed by atoms with Crippen LogP contribution < -0.4 is 0 Å². The Morgan fingerprint density at radius 3 is 2.62 bits per heavy atom. The molecule has 1 aromatic heterocycles. The Morgan fingerprint density at radius 1 is 1.25 bits per heavy atom. The summed E-state index contributed by atoms with van der Waals surface area (Å²) in [6.07, 6.45) is 1.58. The molecular weight excluding hydrogens is 204 g/mol. The van der Waals surface area contributed by atoms with Crippen molar-refractivity contribution in [2.24, 2.45) is 0 Å². The van der Waals surface area contributed by atoms with Crippen LogP contribution in [0.1, 0.15) is 21.7 Å². The highest BCUT2D eigenvalue weighted by Crippen LogP contribution is 2.11. The van der Waals surface area contributed by atoms with Crippen LogP contribution in [0, 0.1) is 6.92 Å². The van der Waals surface area contributed by atoms with Gasteiger partial charge in [-0.2, -0.15) is 0 Å². The summed E-state index contributed by atoms with van der Waals surface area (Å²) < 4.78 is 10.3. The van der Waals surface area contributed by atoms with Crippen molar-refractivity contribution in [3.05, 3.63) is 59.5 Å². The number of hydrogen-bond acceptors (Lipinski definition) is 3. The van der Waals surface area contributed by atoms with Gasteiger partial charge in [0.05, 0.1) is 11.8 Å². The van der Waals surface area contributed by atoms with E-state index in [0.29, 0.717) is 5.56 Å². The van der Waals surface area contributed by atoms with Gasteiger partial charge in [-0.05, 0) is 25.1 Å². The molecule has 0 aliphatic carbocycles. The third kappa shape index (κ3) is 2.31. The van der Waals surface area contributed by atoms with Crippen molar-refractivity contribution in [1.29, 1.82) is 0 Å². The fraction of sp³-hybridized carbons (Fsp3) is 0.154. The van der Waals surface area contributed by atoms with E-state index in [1.807, 2.05) is 13.0 Å². The number of benzene rings is 1. The lowest BCUT2D eigenvalue weighted by Crippen LogP contribution is -2.04. The molecule has 2 aromatic rings. The van der Waals surface area contributed by atoms with Gasteiger partial charge in [-0.15, -0.1) is 0 Å². The molecule has 82 valence electrons. The normalized spacial score (nSPS) is 10.1. The monoisotopic (exact) mass is 216 g/mol. The van der Waals surface area contributed by atoms with Crippen LogP contribution in [0.25, 0.3) is 0 Å². The predicted molar refractivity (Wildman–Crippen MR) is 59.0 cm³/mol. The van der Waals surface area contributed by atoms with Crippen molar-refractivity contribution in [2.45, 2.75) is 13.5 Å². The summed E-state index contributed by atoms with van der Waals surface area (Å²) in [5.41, 5.74) is 1.45. The molecule has 0 unspecified atom stereocenters. The molecule has 0 bridgehead atoms. The van der Waals surface area contributed by atoms with E-state index in [1.165, 1.54) is 0 Å². The summed E-state index contributed by atoms with van der Waals surface area (Å²) >= 11 is 0. The standard InChI is InChI=1S/C13H12O3/c1-10-12(7-8-15-10)9-16-13(14)11-5-3-2-4-6-11/h2-8H,9H2,1H3. The number of ether oxygens (including phenoxy) is 1. The fourth-order valence-electron chi connectivity index (χ4n) is 1.36. The summed E-state index contributed by atoms with van der Waals surface area (Å²) in [6, 6.07) is 10.7. The first-order valence-electron chi connectivity index (χ1n) is 5.02. The van der Waals surface area contributed by atoms with Crippen molar-refractivity contribution in [3.8, 4) is 0 Å². The average molecular weight is 216 g/mol. The van der Waals surface area contributed by atoms with E-state index < -0.39 is 0 Å². The van der Waals surface area contributed by atoms with Crippen LogP contribution in [0.2, 0.25) is 0 Å². The fourth-order valence-corrected chi connectivity index (χ4v) is 1.36. The largest absolute Gasteiger partial charge is 0.469 e. The molecule has 0 amide bonds. The van der Waals surface area contributed by atoms with Gasteiger partial charge in [0.2, 0.25) is 0 Å². The molecule has 1 heterocycles. The Bertz CT molecular complexity index is 471. The second kappa shape index (κ2) is 4.66. The number of aryl methyl sites for hydroxylation is 1. The van der Waals surface area contributed by atoms with Crippen LogP contribution in [-0.4, -0.2) is 5.97 Å². The highest BCUT2D eigenvalue weighted by Gasteiger charge is 2.08. The lowest BCUT2D eigenvalue weighted by atomic mass is 10.2. The minimum atomic E-state index is -0.318. The molecule has 1 aromatic carbocycles. The Labute approximate surface area is 93.7 Å². The molecule has 3 heteroatoms. The summed E-state index contributed by atoms with van der Waals surface area (Å²) in [7, 11) is 0. The molecule has 0 N–H and O–H groups in total. The van der Waals surface area contributed by atoms with Crippen molar-refractivity contribution in [2.75, 3.05) is 0 Å². The molecule has 2 rings (SSSR count). The SMILES string of the molecule is Cc1occc1COC(=O)c1ccccc1. The van der Waals surface area contributed by atoms with E-state index in [2.05, 4.69) is 0 Å². The van der Waals surface area contributed by atoms with Crippen LogP contribution in [0.15, 0.2) is 47.1 Å². The molecule has 16 heavy (non-hydrogen) atoms. The first kappa shape index (κ1) is 10.5. The quantitative estimate of drug-likeness (QED) is 0.740. The van der Waals surface area contributed by atoms with Gasteiger partial charge in [0.25, 0.3) is 0 Å². The highest BCUT2D eigenvalue weighted by atomic mass is 16.5. The summed E-state index contributed by atoms with van der Waals surface area (Å²) in [4.78, 5) is 11.6. The lowest BCUT2D eigenvalue weighted by Gasteiger charge is -2.03.